The van der Waals surface area contributed by atoms with Crippen LogP contribution in [0, 0.1) is 13.8 Å². The van der Waals surface area contributed by atoms with Gasteiger partial charge in [-0.05, 0) is 37.5 Å². The first-order valence-corrected chi connectivity index (χ1v) is 9.35. The number of carbonyl (C=O) groups is 1. The lowest BCUT2D eigenvalue weighted by Crippen LogP contribution is -2.39. The summed E-state index contributed by atoms with van der Waals surface area (Å²) in [5.74, 6) is 1.51. The molecule has 28 heavy (non-hydrogen) atoms. The normalized spacial score (nSPS) is 11.9. The Hall–Kier alpha value is -3.15. The molecule has 1 amide bonds. The average Bonchev–Trinajstić information content (AvgIpc) is 3.17. The van der Waals surface area contributed by atoms with E-state index in [-0.39, 0.29) is 12.5 Å². The van der Waals surface area contributed by atoms with E-state index in [1.807, 2.05) is 69.3 Å². The molecular formula is C22H25N3O3. The fourth-order valence-electron chi connectivity index (χ4n) is 2.86. The predicted molar refractivity (Wildman–Crippen MR) is 107 cm³/mol. The fourth-order valence-corrected chi connectivity index (χ4v) is 2.86. The minimum absolute atomic E-state index is 0.122. The SMILES string of the molecule is CC[C@H](Oc1cccc(C)c1C)C(=O)N(C)Cc1nc(-c2ccccc2)no1. The summed E-state index contributed by atoms with van der Waals surface area (Å²) in [6, 6.07) is 15.4. The molecule has 1 atom stereocenters. The van der Waals surface area contributed by atoms with E-state index in [0.717, 1.165) is 22.4 Å². The van der Waals surface area contributed by atoms with Crippen molar-refractivity contribution >= 4 is 5.91 Å². The van der Waals surface area contributed by atoms with Crippen molar-refractivity contribution in [2.45, 2.75) is 39.8 Å². The lowest BCUT2D eigenvalue weighted by atomic mass is 10.1. The number of likely N-dealkylation sites (N-methyl/N-ethyl adjacent to an activating group) is 1. The molecule has 0 fully saturated rings. The molecule has 1 aromatic heterocycles. The molecule has 6 nitrogen and oxygen atoms in total. The fraction of sp³-hybridized carbons (Fsp3) is 0.318. The van der Waals surface area contributed by atoms with Gasteiger partial charge in [0, 0.05) is 12.6 Å². The Bertz CT molecular complexity index is 937. The van der Waals surface area contributed by atoms with Crippen molar-refractivity contribution in [2.75, 3.05) is 7.05 Å². The van der Waals surface area contributed by atoms with Crippen LogP contribution in [0.25, 0.3) is 11.4 Å². The molecule has 3 rings (SSSR count). The van der Waals surface area contributed by atoms with Crippen LogP contribution in [-0.4, -0.2) is 34.1 Å². The zero-order valence-electron chi connectivity index (χ0n) is 16.7. The number of ether oxygens (including phenoxy) is 1. The third-order valence-corrected chi connectivity index (χ3v) is 4.72. The molecule has 0 saturated heterocycles. The van der Waals surface area contributed by atoms with Crippen LogP contribution in [0.1, 0.15) is 30.4 Å². The van der Waals surface area contributed by atoms with Gasteiger partial charge in [0.25, 0.3) is 5.91 Å². The number of carbonyl (C=O) groups excluding carboxylic acids is 1. The molecule has 0 saturated carbocycles. The van der Waals surface area contributed by atoms with E-state index in [2.05, 4.69) is 10.1 Å². The van der Waals surface area contributed by atoms with E-state index in [9.17, 15) is 4.79 Å². The summed E-state index contributed by atoms with van der Waals surface area (Å²) in [4.78, 5) is 18.8. The number of rotatable bonds is 7. The third-order valence-electron chi connectivity index (χ3n) is 4.72. The molecule has 3 aromatic rings. The van der Waals surface area contributed by atoms with Crippen LogP contribution in [-0.2, 0) is 11.3 Å². The maximum atomic E-state index is 12.9. The number of hydrogen-bond acceptors (Lipinski definition) is 5. The highest BCUT2D eigenvalue weighted by molar-refractivity contribution is 5.81. The van der Waals surface area contributed by atoms with E-state index in [0.29, 0.717) is 18.1 Å². The van der Waals surface area contributed by atoms with Gasteiger partial charge in [-0.2, -0.15) is 4.98 Å². The largest absolute Gasteiger partial charge is 0.480 e. The molecule has 0 aliphatic heterocycles. The van der Waals surface area contributed by atoms with E-state index < -0.39 is 6.10 Å². The number of nitrogens with zero attached hydrogens (tertiary/aromatic N) is 3. The quantitative estimate of drug-likeness (QED) is 0.616. The van der Waals surface area contributed by atoms with E-state index in [4.69, 9.17) is 9.26 Å². The molecule has 146 valence electrons. The molecule has 0 aliphatic carbocycles. The van der Waals surface area contributed by atoms with Gasteiger partial charge in [0.15, 0.2) is 6.10 Å². The number of benzene rings is 2. The van der Waals surface area contributed by atoms with Crippen molar-refractivity contribution in [2.24, 2.45) is 0 Å². The van der Waals surface area contributed by atoms with Crippen LogP contribution in [0.4, 0.5) is 0 Å². The minimum atomic E-state index is -0.568. The lowest BCUT2D eigenvalue weighted by Gasteiger charge is -2.23. The van der Waals surface area contributed by atoms with Gasteiger partial charge in [0.1, 0.15) is 5.75 Å². The van der Waals surface area contributed by atoms with Gasteiger partial charge in [-0.3, -0.25) is 4.79 Å². The highest BCUT2D eigenvalue weighted by Crippen LogP contribution is 2.23. The molecule has 1 heterocycles. The van der Waals surface area contributed by atoms with Crippen molar-refractivity contribution in [3.05, 3.63) is 65.5 Å². The maximum absolute atomic E-state index is 12.9. The van der Waals surface area contributed by atoms with Gasteiger partial charge in [0.2, 0.25) is 11.7 Å². The Morgan fingerprint density at radius 3 is 2.61 bits per heavy atom. The Balaban J connectivity index is 1.67. The topological polar surface area (TPSA) is 68.5 Å². The van der Waals surface area contributed by atoms with Crippen molar-refractivity contribution in [3.8, 4) is 17.1 Å². The summed E-state index contributed by atoms with van der Waals surface area (Å²) in [6.07, 6.45) is -0.00245. The van der Waals surface area contributed by atoms with Crippen LogP contribution < -0.4 is 4.74 Å². The summed E-state index contributed by atoms with van der Waals surface area (Å²) in [5.41, 5.74) is 3.05. The third kappa shape index (κ3) is 4.39. The molecule has 0 aliphatic rings. The zero-order chi connectivity index (χ0) is 20.1. The summed E-state index contributed by atoms with van der Waals surface area (Å²) in [6.45, 7) is 6.18. The average molecular weight is 379 g/mol. The van der Waals surface area contributed by atoms with Gasteiger partial charge in [0.05, 0.1) is 6.54 Å². The molecule has 0 radical (unpaired) electrons. The number of aromatic nitrogens is 2. The van der Waals surface area contributed by atoms with Gasteiger partial charge in [-0.15, -0.1) is 0 Å². The van der Waals surface area contributed by atoms with E-state index in [1.165, 1.54) is 0 Å². The molecule has 6 heteroatoms. The van der Waals surface area contributed by atoms with E-state index in [1.54, 1.807) is 11.9 Å². The second-order valence-electron chi connectivity index (χ2n) is 6.78. The summed E-state index contributed by atoms with van der Waals surface area (Å²) >= 11 is 0. The summed E-state index contributed by atoms with van der Waals surface area (Å²) < 4.78 is 11.3. The molecular weight excluding hydrogens is 354 g/mol. The monoisotopic (exact) mass is 379 g/mol. The lowest BCUT2D eigenvalue weighted by molar-refractivity contribution is -0.138. The van der Waals surface area contributed by atoms with Crippen LogP contribution in [0.5, 0.6) is 5.75 Å². The first-order chi connectivity index (χ1) is 13.5. The first-order valence-electron chi connectivity index (χ1n) is 9.35. The molecule has 0 spiro atoms. The van der Waals surface area contributed by atoms with Crippen LogP contribution >= 0.6 is 0 Å². The smallest absolute Gasteiger partial charge is 0.263 e. The Morgan fingerprint density at radius 1 is 1.14 bits per heavy atom. The Kier molecular flexibility index (Phi) is 6.09. The second kappa shape index (κ2) is 8.69. The maximum Gasteiger partial charge on any atom is 0.263 e. The summed E-state index contributed by atoms with van der Waals surface area (Å²) in [5, 5.41) is 4.00. The van der Waals surface area contributed by atoms with Gasteiger partial charge in [-0.25, -0.2) is 0 Å². The zero-order valence-corrected chi connectivity index (χ0v) is 16.7. The van der Waals surface area contributed by atoms with Crippen molar-refractivity contribution in [3.63, 3.8) is 0 Å². The van der Waals surface area contributed by atoms with Crippen molar-refractivity contribution in [1.29, 1.82) is 0 Å². The van der Waals surface area contributed by atoms with Crippen LogP contribution in [0.3, 0.4) is 0 Å². The number of aryl methyl sites for hydroxylation is 1. The van der Waals surface area contributed by atoms with E-state index >= 15 is 0 Å². The highest BCUT2D eigenvalue weighted by atomic mass is 16.5. The van der Waals surface area contributed by atoms with Crippen LogP contribution in [0.15, 0.2) is 53.1 Å². The van der Waals surface area contributed by atoms with Crippen LogP contribution in [0.2, 0.25) is 0 Å². The van der Waals surface area contributed by atoms with Gasteiger partial charge < -0.3 is 14.2 Å². The van der Waals surface area contributed by atoms with Crippen molar-refractivity contribution < 1.29 is 14.1 Å². The molecule has 2 aromatic carbocycles. The molecule has 0 bridgehead atoms. The molecule has 0 unspecified atom stereocenters. The standard InChI is InChI=1S/C22H25N3O3/c1-5-18(27-19-13-9-10-15(2)16(19)3)22(26)25(4)14-20-23-21(24-28-20)17-11-7-6-8-12-17/h6-13,18H,5,14H2,1-4H3/t18-/m0/s1. The van der Waals surface area contributed by atoms with Gasteiger partial charge in [-0.1, -0.05) is 54.5 Å². The molecule has 0 N–H and O–H groups in total. The number of amides is 1. The Morgan fingerprint density at radius 2 is 1.89 bits per heavy atom. The first kappa shape index (κ1) is 19.6. The highest BCUT2D eigenvalue weighted by Gasteiger charge is 2.24. The second-order valence-corrected chi connectivity index (χ2v) is 6.78. The van der Waals surface area contributed by atoms with Gasteiger partial charge >= 0.3 is 0 Å². The summed E-state index contributed by atoms with van der Waals surface area (Å²) in [7, 11) is 1.71. The Labute approximate surface area is 165 Å². The predicted octanol–water partition coefficient (Wildman–Crippen LogP) is 4.17. The van der Waals surface area contributed by atoms with Crippen molar-refractivity contribution in [1.82, 2.24) is 15.0 Å². The minimum Gasteiger partial charge on any atom is -0.480 e. The number of hydrogen-bond donors (Lipinski definition) is 0.